The SMILES string of the molecule is CCCC(CN)Oc1ccc(C)nc1CC. The van der Waals surface area contributed by atoms with Crippen molar-refractivity contribution in [2.24, 2.45) is 5.73 Å². The Balaban J connectivity index is 2.78. The third kappa shape index (κ3) is 3.49. The number of ether oxygens (including phenoxy) is 1. The summed E-state index contributed by atoms with van der Waals surface area (Å²) in [6.45, 7) is 6.78. The van der Waals surface area contributed by atoms with E-state index in [0.29, 0.717) is 6.54 Å². The van der Waals surface area contributed by atoms with E-state index in [4.69, 9.17) is 10.5 Å². The summed E-state index contributed by atoms with van der Waals surface area (Å²) in [6, 6.07) is 3.98. The first-order valence-corrected chi connectivity index (χ1v) is 6.04. The monoisotopic (exact) mass is 222 g/mol. The standard InChI is InChI=1S/C13H22N2O/c1-4-6-11(9-14)16-13-8-7-10(3)15-12(13)5-2/h7-8,11H,4-6,9,14H2,1-3H3. The summed E-state index contributed by atoms with van der Waals surface area (Å²) >= 11 is 0. The van der Waals surface area contributed by atoms with Gasteiger partial charge in [0.1, 0.15) is 11.9 Å². The van der Waals surface area contributed by atoms with Gasteiger partial charge in [0.25, 0.3) is 0 Å². The largest absolute Gasteiger partial charge is 0.487 e. The zero-order valence-electron chi connectivity index (χ0n) is 10.5. The molecular formula is C13H22N2O. The van der Waals surface area contributed by atoms with Gasteiger partial charge in [0.05, 0.1) is 5.69 Å². The Morgan fingerprint density at radius 3 is 2.69 bits per heavy atom. The fourth-order valence-corrected chi connectivity index (χ4v) is 1.68. The van der Waals surface area contributed by atoms with E-state index in [1.165, 1.54) is 0 Å². The van der Waals surface area contributed by atoms with Gasteiger partial charge >= 0.3 is 0 Å². The molecule has 2 N–H and O–H groups in total. The van der Waals surface area contributed by atoms with Gasteiger partial charge in [-0.15, -0.1) is 0 Å². The Labute approximate surface area is 98.0 Å². The molecule has 0 amide bonds. The molecule has 0 bridgehead atoms. The molecule has 0 aliphatic rings. The van der Waals surface area contributed by atoms with Crippen LogP contribution in [0.5, 0.6) is 5.75 Å². The van der Waals surface area contributed by atoms with Crippen molar-refractivity contribution in [2.75, 3.05) is 6.54 Å². The highest BCUT2D eigenvalue weighted by atomic mass is 16.5. The Kier molecular flexibility index (Phi) is 5.26. The molecule has 0 spiro atoms. The third-order valence-electron chi connectivity index (χ3n) is 2.57. The third-order valence-corrected chi connectivity index (χ3v) is 2.57. The molecular weight excluding hydrogens is 200 g/mol. The van der Waals surface area contributed by atoms with Crippen LogP contribution in [0.3, 0.4) is 0 Å². The highest BCUT2D eigenvalue weighted by Crippen LogP contribution is 2.19. The second-order valence-electron chi connectivity index (χ2n) is 4.02. The van der Waals surface area contributed by atoms with Gasteiger partial charge in [0.2, 0.25) is 0 Å². The predicted octanol–water partition coefficient (Wildman–Crippen LogP) is 2.46. The van der Waals surface area contributed by atoms with Crippen LogP contribution >= 0.6 is 0 Å². The summed E-state index contributed by atoms with van der Waals surface area (Å²) in [5.41, 5.74) is 7.74. The number of hydrogen-bond acceptors (Lipinski definition) is 3. The first kappa shape index (κ1) is 13.0. The molecule has 0 saturated heterocycles. The lowest BCUT2D eigenvalue weighted by molar-refractivity contribution is 0.195. The molecule has 0 aliphatic heterocycles. The van der Waals surface area contributed by atoms with E-state index >= 15 is 0 Å². The van der Waals surface area contributed by atoms with Gasteiger partial charge in [-0.1, -0.05) is 20.3 Å². The summed E-state index contributed by atoms with van der Waals surface area (Å²) in [7, 11) is 0. The summed E-state index contributed by atoms with van der Waals surface area (Å²) in [4.78, 5) is 4.47. The maximum Gasteiger partial charge on any atom is 0.141 e. The second kappa shape index (κ2) is 6.48. The Bertz CT molecular complexity index is 326. The Hall–Kier alpha value is -1.09. The number of rotatable bonds is 6. The number of hydrogen-bond donors (Lipinski definition) is 1. The smallest absolute Gasteiger partial charge is 0.141 e. The molecule has 3 nitrogen and oxygen atoms in total. The van der Waals surface area contributed by atoms with Gasteiger partial charge in [-0.05, 0) is 31.9 Å². The molecule has 16 heavy (non-hydrogen) atoms. The van der Waals surface area contributed by atoms with E-state index in [2.05, 4.69) is 18.8 Å². The van der Waals surface area contributed by atoms with Crippen LogP contribution in [0.1, 0.15) is 38.1 Å². The van der Waals surface area contributed by atoms with E-state index in [9.17, 15) is 0 Å². The second-order valence-corrected chi connectivity index (χ2v) is 4.02. The molecule has 1 unspecified atom stereocenters. The van der Waals surface area contributed by atoms with Crippen LogP contribution in [0.25, 0.3) is 0 Å². The minimum Gasteiger partial charge on any atom is -0.487 e. The van der Waals surface area contributed by atoms with Gasteiger partial charge in [-0.2, -0.15) is 0 Å². The maximum absolute atomic E-state index is 5.89. The summed E-state index contributed by atoms with van der Waals surface area (Å²) in [5.74, 6) is 0.886. The molecule has 1 aromatic heterocycles. The molecule has 3 heteroatoms. The zero-order chi connectivity index (χ0) is 12.0. The molecule has 0 saturated carbocycles. The first-order valence-electron chi connectivity index (χ1n) is 6.04. The number of aryl methyl sites for hydroxylation is 2. The molecule has 1 atom stereocenters. The average molecular weight is 222 g/mol. The van der Waals surface area contributed by atoms with Crippen LogP contribution in [-0.2, 0) is 6.42 Å². The van der Waals surface area contributed by atoms with Crippen molar-refractivity contribution in [1.29, 1.82) is 0 Å². The fraction of sp³-hybridized carbons (Fsp3) is 0.615. The van der Waals surface area contributed by atoms with Crippen LogP contribution in [0, 0.1) is 6.92 Å². The normalized spacial score (nSPS) is 12.5. The molecule has 0 radical (unpaired) electrons. The average Bonchev–Trinajstić information content (AvgIpc) is 2.30. The van der Waals surface area contributed by atoms with Crippen LogP contribution in [0.2, 0.25) is 0 Å². The maximum atomic E-state index is 5.89. The molecule has 0 aliphatic carbocycles. The van der Waals surface area contributed by atoms with Crippen LogP contribution in [0.4, 0.5) is 0 Å². The van der Waals surface area contributed by atoms with Gasteiger partial charge < -0.3 is 10.5 Å². The van der Waals surface area contributed by atoms with Gasteiger partial charge in [0, 0.05) is 12.2 Å². The summed E-state index contributed by atoms with van der Waals surface area (Å²) in [6.07, 6.45) is 3.08. The molecule has 0 fully saturated rings. The number of aromatic nitrogens is 1. The highest BCUT2D eigenvalue weighted by molar-refractivity contribution is 5.29. The summed E-state index contributed by atoms with van der Waals surface area (Å²) < 4.78 is 5.89. The van der Waals surface area contributed by atoms with Crippen LogP contribution in [-0.4, -0.2) is 17.6 Å². The topological polar surface area (TPSA) is 48.1 Å². The van der Waals surface area contributed by atoms with Crippen molar-refractivity contribution in [3.05, 3.63) is 23.5 Å². The lowest BCUT2D eigenvalue weighted by Gasteiger charge is -2.18. The molecule has 1 rings (SSSR count). The molecule has 1 aromatic rings. The molecule has 1 heterocycles. The van der Waals surface area contributed by atoms with E-state index in [1.807, 2.05) is 19.1 Å². The van der Waals surface area contributed by atoms with E-state index in [1.54, 1.807) is 0 Å². The zero-order valence-corrected chi connectivity index (χ0v) is 10.5. The summed E-state index contributed by atoms with van der Waals surface area (Å²) in [5, 5.41) is 0. The van der Waals surface area contributed by atoms with Gasteiger partial charge in [0.15, 0.2) is 0 Å². The van der Waals surface area contributed by atoms with Crippen LogP contribution < -0.4 is 10.5 Å². The Morgan fingerprint density at radius 2 is 2.12 bits per heavy atom. The van der Waals surface area contributed by atoms with E-state index in [0.717, 1.165) is 36.4 Å². The van der Waals surface area contributed by atoms with Crippen molar-refractivity contribution in [3.8, 4) is 5.75 Å². The number of nitrogens with two attached hydrogens (primary N) is 1. The van der Waals surface area contributed by atoms with Crippen molar-refractivity contribution in [1.82, 2.24) is 4.98 Å². The van der Waals surface area contributed by atoms with Crippen molar-refractivity contribution in [2.45, 2.75) is 46.1 Å². The lowest BCUT2D eigenvalue weighted by Crippen LogP contribution is -2.27. The van der Waals surface area contributed by atoms with Gasteiger partial charge in [-0.3, -0.25) is 4.98 Å². The quantitative estimate of drug-likeness (QED) is 0.804. The Morgan fingerprint density at radius 1 is 1.38 bits per heavy atom. The lowest BCUT2D eigenvalue weighted by atomic mass is 10.2. The van der Waals surface area contributed by atoms with Crippen LogP contribution in [0.15, 0.2) is 12.1 Å². The molecule has 90 valence electrons. The minimum absolute atomic E-state index is 0.111. The van der Waals surface area contributed by atoms with Crippen molar-refractivity contribution >= 4 is 0 Å². The highest BCUT2D eigenvalue weighted by Gasteiger charge is 2.10. The number of pyridine rings is 1. The minimum atomic E-state index is 0.111. The predicted molar refractivity (Wildman–Crippen MR) is 66.7 cm³/mol. The van der Waals surface area contributed by atoms with Crippen molar-refractivity contribution in [3.63, 3.8) is 0 Å². The number of nitrogens with zero attached hydrogens (tertiary/aromatic N) is 1. The van der Waals surface area contributed by atoms with Gasteiger partial charge in [-0.25, -0.2) is 0 Å². The first-order chi connectivity index (χ1) is 7.71. The van der Waals surface area contributed by atoms with Crippen molar-refractivity contribution < 1.29 is 4.74 Å². The van der Waals surface area contributed by atoms with E-state index < -0.39 is 0 Å². The van der Waals surface area contributed by atoms with E-state index in [-0.39, 0.29) is 6.10 Å². The molecule has 0 aromatic carbocycles. The fourth-order valence-electron chi connectivity index (χ4n) is 1.68.